The summed E-state index contributed by atoms with van der Waals surface area (Å²) in [5.74, 6) is 1.31. The van der Waals surface area contributed by atoms with Gasteiger partial charge in [0.05, 0.1) is 21.3 Å². The van der Waals surface area contributed by atoms with Crippen molar-refractivity contribution < 1.29 is 4.79 Å². The number of Topliss-reactive ketones (excluding diaryl/α,β-unsaturated/α-hetero) is 1. The molecule has 1 aliphatic heterocycles. The van der Waals surface area contributed by atoms with Crippen molar-refractivity contribution in [1.82, 2.24) is 20.1 Å². The number of nitrogens with one attached hydrogen (secondary N) is 1. The van der Waals surface area contributed by atoms with E-state index in [0.29, 0.717) is 5.92 Å². The average molecular weight is 517 g/mol. The van der Waals surface area contributed by atoms with Crippen LogP contribution in [-0.4, -0.2) is 56.7 Å². The Bertz CT molecular complexity index is 1400. The zero-order valence-corrected chi connectivity index (χ0v) is 22.1. The number of carbonyl (C=O) groups is 1. The summed E-state index contributed by atoms with van der Waals surface area (Å²) in [4.78, 5) is 22.3. The summed E-state index contributed by atoms with van der Waals surface area (Å²) in [6.45, 7) is 8.42. The van der Waals surface area contributed by atoms with E-state index in [1.54, 1.807) is 13.1 Å². The summed E-state index contributed by atoms with van der Waals surface area (Å²) in [5, 5.41) is 14.2. The van der Waals surface area contributed by atoms with Gasteiger partial charge in [0.2, 0.25) is 0 Å². The van der Waals surface area contributed by atoms with Crippen molar-refractivity contribution >= 4 is 56.9 Å². The predicted molar refractivity (Wildman–Crippen MR) is 151 cm³/mol. The smallest absolute Gasteiger partial charge is 0.173 e. The van der Waals surface area contributed by atoms with E-state index in [2.05, 4.69) is 50.2 Å². The van der Waals surface area contributed by atoms with E-state index in [1.807, 2.05) is 48.5 Å². The van der Waals surface area contributed by atoms with Gasteiger partial charge in [0, 0.05) is 36.9 Å². The molecule has 0 amide bonds. The Kier molecular flexibility index (Phi) is 6.93. The zero-order chi connectivity index (χ0) is 25.2. The lowest BCUT2D eigenvalue weighted by Crippen LogP contribution is -2.58. The van der Waals surface area contributed by atoms with E-state index >= 15 is 0 Å². The third-order valence-electron chi connectivity index (χ3n) is 6.52. The molecule has 0 bridgehead atoms. The number of fused-ring (bicyclic) bond motifs is 1. The van der Waals surface area contributed by atoms with Crippen LogP contribution in [0.3, 0.4) is 0 Å². The largest absolute Gasteiger partial charge is 0.351 e. The summed E-state index contributed by atoms with van der Waals surface area (Å²) >= 11 is 7.33. The fraction of sp³-hybridized carbons (Fsp3) is 0.296. The second-order valence-corrected chi connectivity index (χ2v) is 10.7. The highest BCUT2D eigenvalue weighted by atomic mass is 32.1. The van der Waals surface area contributed by atoms with Crippen LogP contribution in [0.25, 0.3) is 21.5 Å². The van der Waals surface area contributed by atoms with Crippen LogP contribution in [0.5, 0.6) is 0 Å². The first-order valence-corrected chi connectivity index (χ1v) is 13.2. The molecule has 0 aliphatic carbocycles. The van der Waals surface area contributed by atoms with Gasteiger partial charge in [0.25, 0.3) is 0 Å². The monoisotopic (exact) mass is 516 g/mol. The van der Waals surface area contributed by atoms with Gasteiger partial charge in [0.15, 0.2) is 16.7 Å². The Morgan fingerprint density at radius 3 is 2.67 bits per heavy atom. The molecule has 36 heavy (non-hydrogen) atoms. The van der Waals surface area contributed by atoms with E-state index < -0.39 is 0 Å². The summed E-state index contributed by atoms with van der Waals surface area (Å²) in [6.07, 6.45) is 1.80. The number of thiophene rings is 1. The molecule has 0 spiro atoms. The Morgan fingerprint density at radius 1 is 1.08 bits per heavy atom. The number of anilines is 2. The molecule has 1 aliphatic rings. The van der Waals surface area contributed by atoms with Crippen molar-refractivity contribution in [1.29, 1.82) is 0 Å². The summed E-state index contributed by atoms with van der Waals surface area (Å²) in [7, 11) is 0. The maximum atomic E-state index is 11.6. The van der Waals surface area contributed by atoms with Crippen molar-refractivity contribution in [2.45, 2.75) is 26.8 Å². The third-order valence-corrected chi connectivity index (χ3v) is 8.06. The highest BCUT2D eigenvalue weighted by molar-refractivity contribution is 7.80. The Labute approximate surface area is 220 Å². The van der Waals surface area contributed by atoms with Crippen LogP contribution in [-0.2, 0) is 0 Å². The average Bonchev–Trinajstić information content (AvgIpc) is 3.39. The van der Waals surface area contributed by atoms with E-state index in [4.69, 9.17) is 12.2 Å². The highest BCUT2D eigenvalue weighted by Gasteiger charge is 2.31. The van der Waals surface area contributed by atoms with E-state index in [-0.39, 0.29) is 11.8 Å². The Hall–Kier alpha value is -3.43. The minimum Gasteiger partial charge on any atom is -0.351 e. The first-order chi connectivity index (χ1) is 17.4. The number of pyridine rings is 1. The second kappa shape index (κ2) is 10.3. The van der Waals surface area contributed by atoms with Gasteiger partial charge in [-0.25, -0.2) is 0 Å². The van der Waals surface area contributed by atoms with Crippen molar-refractivity contribution in [3.63, 3.8) is 0 Å². The molecule has 4 aromatic rings. The van der Waals surface area contributed by atoms with Gasteiger partial charge >= 0.3 is 0 Å². The minimum atomic E-state index is 0.0675. The minimum absolute atomic E-state index is 0.0675. The van der Waals surface area contributed by atoms with E-state index in [0.717, 1.165) is 62.6 Å². The number of rotatable bonds is 5. The number of carbonyl (C=O) groups excluding carboxylic acids is 1. The molecule has 1 unspecified atom stereocenters. The molecule has 1 atom stereocenters. The number of nitrogens with zero attached hydrogens (tertiary/aromatic N) is 5. The van der Waals surface area contributed by atoms with E-state index in [1.165, 1.54) is 11.3 Å². The number of benzene rings is 1. The summed E-state index contributed by atoms with van der Waals surface area (Å²) in [5.41, 5.74) is 2.70. The molecular formula is C27H28N6OS2. The summed E-state index contributed by atoms with van der Waals surface area (Å²) < 4.78 is 0. The molecule has 1 aromatic carbocycles. The topological polar surface area (TPSA) is 74.2 Å². The number of aromatic nitrogens is 3. The molecular weight excluding hydrogens is 488 g/mol. The van der Waals surface area contributed by atoms with Gasteiger partial charge in [0.1, 0.15) is 5.69 Å². The number of hydrogen-bond donors (Lipinski definition) is 1. The van der Waals surface area contributed by atoms with Crippen LogP contribution in [0.15, 0.2) is 60.8 Å². The molecule has 3 aromatic heterocycles. The van der Waals surface area contributed by atoms with Crippen LogP contribution in [0, 0.1) is 5.92 Å². The molecule has 184 valence electrons. The standard InChI is InChI=1S/C27H28N6OS2/c1-17(2)23-16-32(26-12-9-22(30-31-26)25-11-10-24(36-25)18(3)34)14-15-33(23)27(35)29-21-8-4-7-20-19(21)6-5-13-28-20/h4-13,17,23H,14-16H2,1-3H3,(H,29,35). The quantitative estimate of drug-likeness (QED) is 0.275. The third kappa shape index (κ3) is 4.94. The molecule has 0 radical (unpaired) electrons. The molecule has 4 heterocycles. The number of thiocarbonyl (C=S) groups is 1. The van der Waals surface area contributed by atoms with Crippen LogP contribution in [0.1, 0.15) is 30.4 Å². The number of ketones is 1. The maximum absolute atomic E-state index is 11.6. The van der Waals surface area contributed by atoms with Gasteiger partial charge in [-0.15, -0.1) is 21.5 Å². The van der Waals surface area contributed by atoms with E-state index in [9.17, 15) is 4.79 Å². The van der Waals surface area contributed by atoms with Crippen LogP contribution in [0.2, 0.25) is 0 Å². The normalized spacial score (nSPS) is 15.9. The van der Waals surface area contributed by atoms with Crippen LogP contribution >= 0.6 is 23.6 Å². The Balaban J connectivity index is 1.30. The first-order valence-electron chi connectivity index (χ1n) is 12.0. The van der Waals surface area contributed by atoms with Gasteiger partial charge in [-0.3, -0.25) is 9.78 Å². The van der Waals surface area contributed by atoms with Gasteiger partial charge in [-0.2, -0.15) is 0 Å². The number of hydrogen-bond acceptors (Lipinski definition) is 7. The van der Waals surface area contributed by atoms with Crippen molar-refractivity contribution in [3.05, 3.63) is 65.7 Å². The molecule has 1 saturated heterocycles. The SMILES string of the molecule is CC(=O)c1ccc(-c2ccc(N3CCN(C(=S)Nc4cccc5ncccc45)C(C(C)C)C3)nn2)s1. The van der Waals surface area contributed by atoms with Crippen molar-refractivity contribution in [3.8, 4) is 10.6 Å². The fourth-order valence-corrected chi connectivity index (χ4v) is 5.73. The van der Waals surface area contributed by atoms with Crippen LogP contribution in [0.4, 0.5) is 11.5 Å². The highest BCUT2D eigenvalue weighted by Crippen LogP contribution is 2.29. The predicted octanol–water partition coefficient (Wildman–Crippen LogP) is 5.50. The fourth-order valence-electron chi connectivity index (χ4n) is 4.53. The van der Waals surface area contributed by atoms with Gasteiger partial charge in [-0.05, 0) is 73.6 Å². The lowest BCUT2D eigenvalue weighted by atomic mass is 10.00. The lowest BCUT2D eigenvalue weighted by Gasteiger charge is -2.45. The second-order valence-electron chi connectivity index (χ2n) is 9.25. The zero-order valence-electron chi connectivity index (χ0n) is 20.5. The molecule has 1 N–H and O–H groups in total. The summed E-state index contributed by atoms with van der Waals surface area (Å²) in [6, 6.07) is 18.0. The molecule has 1 fully saturated rings. The number of piperazine rings is 1. The van der Waals surface area contributed by atoms with Gasteiger partial charge in [-0.1, -0.05) is 19.9 Å². The molecule has 5 rings (SSSR count). The first kappa shape index (κ1) is 24.3. The lowest BCUT2D eigenvalue weighted by molar-refractivity contribution is 0.102. The van der Waals surface area contributed by atoms with Crippen molar-refractivity contribution in [2.24, 2.45) is 5.92 Å². The molecule has 0 saturated carbocycles. The van der Waals surface area contributed by atoms with Gasteiger partial charge < -0.3 is 15.1 Å². The Morgan fingerprint density at radius 2 is 1.94 bits per heavy atom. The van der Waals surface area contributed by atoms with Crippen molar-refractivity contribution in [2.75, 3.05) is 29.9 Å². The molecule has 9 heteroatoms. The maximum Gasteiger partial charge on any atom is 0.173 e. The van der Waals surface area contributed by atoms with Crippen LogP contribution < -0.4 is 10.2 Å². The molecule has 7 nitrogen and oxygen atoms in total.